The largest absolute Gasteiger partial charge is 0.471 e. The molecule has 1 aromatic rings. The van der Waals surface area contributed by atoms with Crippen LogP contribution in [0.5, 0.6) is 0 Å². The summed E-state index contributed by atoms with van der Waals surface area (Å²) in [6, 6.07) is 6.07. The Morgan fingerprint density at radius 2 is 1.85 bits per heavy atom. The molecule has 0 heterocycles. The van der Waals surface area contributed by atoms with E-state index >= 15 is 0 Å². The Labute approximate surface area is 146 Å². The van der Waals surface area contributed by atoms with Crippen molar-refractivity contribution in [2.75, 3.05) is 0 Å². The zero-order valence-electron chi connectivity index (χ0n) is 13.3. The van der Waals surface area contributed by atoms with Gasteiger partial charge in [-0.25, -0.2) is 4.79 Å². The molecule has 26 heavy (non-hydrogen) atoms. The van der Waals surface area contributed by atoms with Crippen LogP contribution in [0.2, 0.25) is 0 Å². The van der Waals surface area contributed by atoms with Crippen LogP contribution in [0.4, 0.5) is 13.2 Å². The Morgan fingerprint density at radius 3 is 2.46 bits per heavy atom. The SMILES string of the molecule is O=C(C=Cc1cccc(CNC(=O)C(F)(F)F)c1)OC1C(=O)CCC1=O. The number of hydrogen-bond acceptors (Lipinski definition) is 5. The van der Waals surface area contributed by atoms with E-state index in [-0.39, 0.29) is 19.4 Å². The van der Waals surface area contributed by atoms with E-state index in [0.717, 1.165) is 6.08 Å². The smallest absolute Gasteiger partial charge is 0.443 e. The average molecular weight is 369 g/mol. The molecule has 1 N–H and O–H groups in total. The zero-order chi connectivity index (χ0) is 19.3. The maximum atomic E-state index is 12.1. The number of Topliss-reactive ketones (excluding diaryl/α,β-unsaturated/α-hetero) is 2. The molecule has 1 aliphatic rings. The molecule has 0 bridgehead atoms. The first-order valence-corrected chi connectivity index (χ1v) is 7.55. The summed E-state index contributed by atoms with van der Waals surface area (Å²) < 4.78 is 41.2. The fourth-order valence-corrected chi connectivity index (χ4v) is 2.23. The van der Waals surface area contributed by atoms with Crippen molar-refractivity contribution in [3.63, 3.8) is 0 Å². The number of carbonyl (C=O) groups excluding carboxylic acids is 4. The summed E-state index contributed by atoms with van der Waals surface area (Å²) in [5.74, 6) is -3.82. The van der Waals surface area contributed by atoms with Crippen molar-refractivity contribution in [1.82, 2.24) is 5.32 Å². The first-order chi connectivity index (χ1) is 12.2. The van der Waals surface area contributed by atoms with E-state index < -0.39 is 35.7 Å². The fraction of sp³-hybridized carbons (Fsp3) is 0.294. The molecule has 0 saturated heterocycles. The van der Waals surface area contributed by atoms with Gasteiger partial charge < -0.3 is 10.1 Å². The van der Waals surface area contributed by atoms with Gasteiger partial charge in [-0.3, -0.25) is 14.4 Å². The number of rotatable bonds is 5. The molecule has 0 aromatic heterocycles. The van der Waals surface area contributed by atoms with E-state index in [9.17, 15) is 32.3 Å². The molecule has 1 saturated carbocycles. The van der Waals surface area contributed by atoms with E-state index in [2.05, 4.69) is 0 Å². The number of hydrogen-bond donors (Lipinski definition) is 1. The molecule has 0 atom stereocenters. The molecule has 0 spiro atoms. The third kappa shape index (κ3) is 5.27. The Balaban J connectivity index is 1.94. The van der Waals surface area contributed by atoms with Crippen LogP contribution in [0.1, 0.15) is 24.0 Å². The van der Waals surface area contributed by atoms with Gasteiger partial charge in [0.1, 0.15) is 0 Å². The lowest BCUT2D eigenvalue weighted by molar-refractivity contribution is -0.173. The molecular weight excluding hydrogens is 355 g/mol. The molecule has 0 unspecified atom stereocenters. The van der Waals surface area contributed by atoms with Gasteiger partial charge in [-0.2, -0.15) is 13.2 Å². The van der Waals surface area contributed by atoms with Crippen molar-refractivity contribution in [2.45, 2.75) is 31.7 Å². The van der Waals surface area contributed by atoms with Gasteiger partial charge in [0.15, 0.2) is 11.6 Å². The standard InChI is InChI=1S/C17H14F3NO5/c18-17(19,20)16(25)21-9-11-3-1-2-10(8-11)4-7-14(24)26-15-12(22)5-6-13(15)23/h1-4,7-8,15H,5-6,9H2,(H,21,25). The van der Waals surface area contributed by atoms with Crippen LogP contribution in [0, 0.1) is 0 Å². The molecule has 0 radical (unpaired) electrons. The van der Waals surface area contributed by atoms with Gasteiger partial charge in [0, 0.05) is 25.5 Å². The third-order valence-electron chi connectivity index (χ3n) is 3.51. The van der Waals surface area contributed by atoms with Crippen LogP contribution >= 0.6 is 0 Å². The number of nitrogens with one attached hydrogen (secondary N) is 1. The van der Waals surface area contributed by atoms with Crippen molar-refractivity contribution < 1.29 is 37.1 Å². The Bertz CT molecular complexity index is 754. The number of ether oxygens (including phenoxy) is 1. The van der Waals surface area contributed by atoms with E-state index in [0.29, 0.717) is 11.1 Å². The summed E-state index contributed by atoms with van der Waals surface area (Å²) >= 11 is 0. The number of alkyl halides is 3. The number of esters is 1. The van der Waals surface area contributed by atoms with E-state index in [4.69, 9.17) is 4.74 Å². The Morgan fingerprint density at radius 1 is 1.19 bits per heavy atom. The van der Waals surface area contributed by atoms with Crippen molar-refractivity contribution in [3.8, 4) is 0 Å². The molecule has 1 fully saturated rings. The second-order valence-corrected chi connectivity index (χ2v) is 5.51. The number of amides is 1. The maximum absolute atomic E-state index is 12.1. The molecule has 1 aromatic carbocycles. The van der Waals surface area contributed by atoms with Crippen molar-refractivity contribution in [3.05, 3.63) is 41.5 Å². The van der Waals surface area contributed by atoms with Crippen LogP contribution in [0.3, 0.4) is 0 Å². The second-order valence-electron chi connectivity index (χ2n) is 5.51. The predicted molar refractivity (Wildman–Crippen MR) is 82.5 cm³/mol. The van der Waals surface area contributed by atoms with Gasteiger partial charge in [0.2, 0.25) is 6.10 Å². The minimum atomic E-state index is -4.96. The summed E-state index contributed by atoms with van der Waals surface area (Å²) in [4.78, 5) is 45.3. The summed E-state index contributed by atoms with van der Waals surface area (Å²) in [5.41, 5.74) is 0.851. The number of halogens is 3. The normalized spacial score (nSPS) is 15.5. The first-order valence-electron chi connectivity index (χ1n) is 7.55. The number of benzene rings is 1. The van der Waals surface area contributed by atoms with Gasteiger partial charge >= 0.3 is 18.1 Å². The lowest BCUT2D eigenvalue weighted by Crippen LogP contribution is -2.36. The lowest BCUT2D eigenvalue weighted by atomic mass is 10.1. The van der Waals surface area contributed by atoms with E-state index in [1.807, 2.05) is 0 Å². The van der Waals surface area contributed by atoms with Gasteiger partial charge in [0.25, 0.3) is 0 Å². The monoisotopic (exact) mass is 369 g/mol. The average Bonchev–Trinajstić information content (AvgIpc) is 2.89. The summed E-state index contributed by atoms with van der Waals surface area (Å²) in [7, 11) is 0. The highest BCUT2D eigenvalue weighted by Crippen LogP contribution is 2.16. The minimum absolute atomic E-state index is 0.0478. The number of carbonyl (C=O) groups is 4. The van der Waals surface area contributed by atoms with Crippen LogP contribution in [0.25, 0.3) is 6.08 Å². The maximum Gasteiger partial charge on any atom is 0.471 e. The third-order valence-corrected chi connectivity index (χ3v) is 3.51. The Hall–Kier alpha value is -2.97. The second kappa shape index (κ2) is 7.94. The van der Waals surface area contributed by atoms with Crippen LogP contribution in [0.15, 0.2) is 30.3 Å². The lowest BCUT2D eigenvalue weighted by Gasteiger charge is -2.08. The molecule has 9 heteroatoms. The summed E-state index contributed by atoms with van der Waals surface area (Å²) in [6.45, 7) is -0.338. The highest BCUT2D eigenvalue weighted by molar-refractivity contribution is 6.12. The minimum Gasteiger partial charge on any atom is -0.443 e. The molecule has 1 amide bonds. The topological polar surface area (TPSA) is 89.5 Å². The Kier molecular flexibility index (Phi) is 5.91. The van der Waals surface area contributed by atoms with Crippen molar-refractivity contribution in [2.24, 2.45) is 0 Å². The quantitative estimate of drug-likeness (QED) is 0.485. The van der Waals surface area contributed by atoms with Gasteiger partial charge in [-0.05, 0) is 23.3 Å². The molecule has 138 valence electrons. The van der Waals surface area contributed by atoms with Gasteiger partial charge in [0.05, 0.1) is 0 Å². The van der Waals surface area contributed by atoms with Crippen LogP contribution in [-0.4, -0.2) is 35.7 Å². The van der Waals surface area contributed by atoms with Crippen molar-refractivity contribution in [1.29, 1.82) is 0 Å². The van der Waals surface area contributed by atoms with Crippen LogP contribution in [-0.2, 0) is 30.5 Å². The molecule has 2 rings (SSSR count). The number of ketones is 2. The molecular formula is C17H14F3NO5. The molecule has 0 aliphatic heterocycles. The predicted octanol–water partition coefficient (Wildman–Crippen LogP) is 1.72. The van der Waals surface area contributed by atoms with Crippen molar-refractivity contribution >= 4 is 29.5 Å². The molecule has 1 aliphatic carbocycles. The first kappa shape index (κ1) is 19.4. The zero-order valence-corrected chi connectivity index (χ0v) is 13.3. The van der Waals surface area contributed by atoms with Crippen LogP contribution < -0.4 is 5.32 Å². The van der Waals surface area contributed by atoms with E-state index in [1.54, 1.807) is 11.4 Å². The molecule has 6 nitrogen and oxygen atoms in total. The highest BCUT2D eigenvalue weighted by Gasteiger charge is 2.38. The fourth-order valence-electron chi connectivity index (χ4n) is 2.23. The summed E-state index contributed by atoms with van der Waals surface area (Å²) in [5, 5.41) is 1.73. The van der Waals surface area contributed by atoms with Gasteiger partial charge in [-0.15, -0.1) is 0 Å². The van der Waals surface area contributed by atoms with Gasteiger partial charge in [-0.1, -0.05) is 18.2 Å². The summed E-state index contributed by atoms with van der Waals surface area (Å²) in [6.07, 6.45) is -3.90. The highest BCUT2D eigenvalue weighted by atomic mass is 19.4. The van der Waals surface area contributed by atoms with E-state index in [1.165, 1.54) is 24.3 Å².